The first-order valence-electron chi connectivity index (χ1n) is 12.9. The maximum absolute atomic E-state index is 4.97. The predicted octanol–water partition coefficient (Wildman–Crippen LogP) is 6.40. The Bertz CT molecular complexity index is 1440. The van der Waals surface area contributed by atoms with E-state index < -0.39 is 0 Å². The lowest BCUT2D eigenvalue weighted by Gasteiger charge is -2.23. The van der Waals surface area contributed by atoms with Crippen molar-refractivity contribution in [2.24, 2.45) is 0 Å². The van der Waals surface area contributed by atoms with E-state index in [1.165, 1.54) is 0 Å². The van der Waals surface area contributed by atoms with E-state index in [0.29, 0.717) is 13.1 Å². The molecule has 0 aromatic carbocycles. The molecule has 0 fully saturated rings. The number of aromatic nitrogens is 6. The summed E-state index contributed by atoms with van der Waals surface area (Å²) in [6, 6.07) is 35.4. The number of hydrogen-bond acceptors (Lipinski definition) is 8. The van der Waals surface area contributed by atoms with E-state index in [4.69, 9.17) is 9.97 Å². The van der Waals surface area contributed by atoms with Gasteiger partial charge in [0.15, 0.2) is 0 Å². The van der Waals surface area contributed by atoms with Crippen LogP contribution in [0, 0.1) is 0 Å². The standard InChI is InChI=1S/C32H26N8/c1-5-19-33-29(15-1)39(30-16-2-6-20-34-30)23-25-11-9-13-27(37-25)28-14-10-12-26(38-28)24-40(31-17-3-7-21-35-31)32-18-4-8-22-36-32/h1-22H,23-24H2. The smallest absolute Gasteiger partial charge is 0.134 e. The van der Waals surface area contributed by atoms with Gasteiger partial charge in [0.2, 0.25) is 0 Å². The van der Waals surface area contributed by atoms with Crippen molar-refractivity contribution in [2.45, 2.75) is 13.1 Å². The molecule has 194 valence electrons. The molecule has 0 aliphatic heterocycles. The zero-order valence-corrected chi connectivity index (χ0v) is 21.7. The van der Waals surface area contributed by atoms with E-state index in [1.54, 1.807) is 24.8 Å². The molecule has 0 saturated heterocycles. The highest BCUT2D eigenvalue weighted by Crippen LogP contribution is 2.26. The van der Waals surface area contributed by atoms with Gasteiger partial charge in [0.1, 0.15) is 23.3 Å². The van der Waals surface area contributed by atoms with Crippen LogP contribution in [-0.4, -0.2) is 29.9 Å². The SMILES string of the molecule is c1ccc(N(Cc2cccc(-c3cccc(CN(c4ccccn4)c4ccccn4)n3)n2)c2ccccn2)nc1. The summed E-state index contributed by atoms with van der Waals surface area (Å²) < 4.78 is 0. The highest BCUT2D eigenvalue weighted by Gasteiger charge is 2.16. The Kier molecular flexibility index (Phi) is 7.39. The van der Waals surface area contributed by atoms with Crippen LogP contribution in [0.5, 0.6) is 0 Å². The Morgan fingerprint density at radius 2 is 0.725 bits per heavy atom. The van der Waals surface area contributed by atoms with Crippen molar-refractivity contribution >= 4 is 23.3 Å². The van der Waals surface area contributed by atoms with Gasteiger partial charge in [0.05, 0.1) is 35.9 Å². The van der Waals surface area contributed by atoms with E-state index in [1.807, 2.05) is 119 Å². The first kappa shape index (κ1) is 24.8. The zero-order valence-electron chi connectivity index (χ0n) is 21.7. The second kappa shape index (κ2) is 11.9. The molecule has 0 N–H and O–H groups in total. The lowest BCUT2D eigenvalue weighted by atomic mass is 10.2. The first-order valence-corrected chi connectivity index (χ1v) is 12.9. The molecule has 0 aliphatic rings. The van der Waals surface area contributed by atoms with Crippen molar-refractivity contribution in [3.63, 3.8) is 0 Å². The minimum absolute atomic E-state index is 0.509. The number of nitrogens with zero attached hydrogens (tertiary/aromatic N) is 8. The highest BCUT2D eigenvalue weighted by molar-refractivity contribution is 5.59. The molecule has 0 amide bonds. The Balaban J connectivity index is 1.28. The quantitative estimate of drug-likeness (QED) is 0.216. The molecule has 6 heterocycles. The number of anilines is 4. The summed E-state index contributed by atoms with van der Waals surface area (Å²) >= 11 is 0. The molecule has 8 nitrogen and oxygen atoms in total. The van der Waals surface area contributed by atoms with Crippen molar-refractivity contribution in [3.05, 3.63) is 145 Å². The van der Waals surface area contributed by atoms with Crippen molar-refractivity contribution < 1.29 is 0 Å². The van der Waals surface area contributed by atoms with Crippen molar-refractivity contribution in [1.82, 2.24) is 29.9 Å². The number of rotatable bonds is 9. The Hall–Kier alpha value is -5.50. The molecule has 0 saturated carbocycles. The van der Waals surface area contributed by atoms with E-state index in [2.05, 4.69) is 19.9 Å². The fourth-order valence-electron chi connectivity index (χ4n) is 4.36. The molecule has 6 aromatic heterocycles. The Morgan fingerprint density at radius 3 is 1.02 bits per heavy atom. The second-order valence-electron chi connectivity index (χ2n) is 8.95. The van der Waals surface area contributed by atoms with E-state index in [0.717, 1.165) is 46.0 Å². The van der Waals surface area contributed by atoms with Gasteiger partial charge >= 0.3 is 0 Å². The second-order valence-corrected chi connectivity index (χ2v) is 8.95. The highest BCUT2D eigenvalue weighted by atomic mass is 15.2. The van der Waals surface area contributed by atoms with Gasteiger partial charge in [-0.1, -0.05) is 36.4 Å². The molecular weight excluding hydrogens is 496 g/mol. The van der Waals surface area contributed by atoms with Gasteiger partial charge in [-0.3, -0.25) is 0 Å². The summed E-state index contributed by atoms with van der Waals surface area (Å²) in [5, 5.41) is 0. The normalized spacial score (nSPS) is 10.7. The summed E-state index contributed by atoms with van der Waals surface area (Å²) in [7, 11) is 0. The average Bonchev–Trinajstić information content (AvgIpc) is 3.04. The maximum Gasteiger partial charge on any atom is 0.134 e. The molecule has 8 heteroatoms. The average molecular weight is 523 g/mol. The van der Waals surface area contributed by atoms with Crippen LogP contribution in [0.2, 0.25) is 0 Å². The summed E-state index contributed by atoms with van der Waals surface area (Å²) in [6.07, 6.45) is 7.13. The molecule has 6 rings (SSSR count). The van der Waals surface area contributed by atoms with Gasteiger partial charge < -0.3 is 9.80 Å². The van der Waals surface area contributed by atoms with Crippen LogP contribution in [0.4, 0.5) is 23.3 Å². The van der Waals surface area contributed by atoms with Gasteiger partial charge in [-0.25, -0.2) is 29.9 Å². The van der Waals surface area contributed by atoms with Crippen molar-refractivity contribution in [1.29, 1.82) is 0 Å². The minimum Gasteiger partial charge on any atom is -0.305 e. The van der Waals surface area contributed by atoms with Crippen LogP contribution in [0.15, 0.2) is 134 Å². The summed E-state index contributed by atoms with van der Waals surface area (Å²) in [5.74, 6) is 3.21. The summed E-state index contributed by atoms with van der Waals surface area (Å²) in [5.41, 5.74) is 3.35. The lowest BCUT2D eigenvalue weighted by molar-refractivity contribution is 0.881. The zero-order chi connectivity index (χ0) is 27.0. The van der Waals surface area contributed by atoms with Crippen molar-refractivity contribution in [2.75, 3.05) is 9.80 Å². The molecule has 40 heavy (non-hydrogen) atoms. The predicted molar refractivity (Wildman–Crippen MR) is 156 cm³/mol. The van der Waals surface area contributed by atoms with E-state index in [9.17, 15) is 0 Å². The van der Waals surface area contributed by atoms with Gasteiger partial charge in [0, 0.05) is 24.8 Å². The maximum atomic E-state index is 4.97. The van der Waals surface area contributed by atoms with Crippen LogP contribution in [0.25, 0.3) is 11.4 Å². The largest absolute Gasteiger partial charge is 0.305 e. The third kappa shape index (κ3) is 5.81. The minimum atomic E-state index is 0.509. The Morgan fingerprint density at radius 1 is 0.375 bits per heavy atom. The van der Waals surface area contributed by atoms with Crippen LogP contribution < -0.4 is 9.80 Å². The van der Waals surface area contributed by atoms with Crippen LogP contribution >= 0.6 is 0 Å². The third-order valence-corrected chi connectivity index (χ3v) is 6.22. The molecule has 0 bridgehead atoms. The molecule has 0 atom stereocenters. The Labute approximate surface area is 232 Å². The van der Waals surface area contributed by atoms with Gasteiger partial charge in [-0.05, 0) is 72.8 Å². The summed E-state index contributed by atoms with van der Waals surface area (Å²) in [4.78, 5) is 32.3. The molecule has 0 radical (unpaired) electrons. The number of hydrogen-bond donors (Lipinski definition) is 0. The third-order valence-electron chi connectivity index (χ3n) is 6.22. The molecule has 6 aromatic rings. The molecule has 0 unspecified atom stereocenters. The van der Waals surface area contributed by atoms with Crippen LogP contribution in [0.3, 0.4) is 0 Å². The fraction of sp³-hybridized carbons (Fsp3) is 0.0625. The van der Waals surface area contributed by atoms with Gasteiger partial charge in [-0.2, -0.15) is 0 Å². The monoisotopic (exact) mass is 522 g/mol. The number of pyridine rings is 6. The fourth-order valence-corrected chi connectivity index (χ4v) is 4.36. The molecule has 0 aliphatic carbocycles. The first-order chi connectivity index (χ1) is 19.8. The van der Waals surface area contributed by atoms with E-state index >= 15 is 0 Å². The van der Waals surface area contributed by atoms with Crippen LogP contribution in [0.1, 0.15) is 11.4 Å². The molecule has 0 spiro atoms. The van der Waals surface area contributed by atoms with Gasteiger partial charge in [-0.15, -0.1) is 0 Å². The topological polar surface area (TPSA) is 83.8 Å². The lowest BCUT2D eigenvalue weighted by Crippen LogP contribution is -2.20. The van der Waals surface area contributed by atoms with Gasteiger partial charge in [0.25, 0.3) is 0 Å². The van der Waals surface area contributed by atoms with Crippen molar-refractivity contribution in [3.8, 4) is 11.4 Å². The summed E-state index contributed by atoms with van der Waals surface area (Å²) in [6.45, 7) is 1.02. The van der Waals surface area contributed by atoms with Crippen LogP contribution in [-0.2, 0) is 13.1 Å². The van der Waals surface area contributed by atoms with E-state index in [-0.39, 0.29) is 0 Å². The molecular formula is C32H26N8.